The highest BCUT2D eigenvalue weighted by Crippen LogP contribution is 2.39. The number of nitrogens with one attached hydrogen (secondary N) is 2. The van der Waals surface area contributed by atoms with Crippen molar-refractivity contribution >= 4 is 16.9 Å². The molecule has 10 heteroatoms. The summed E-state index contributed by atoms with van der Waals surface area (Å²) in [5, 5.41) is 0.298. The molecule has 2 heterocycles. The van der Waals surface area contributed by atoms with E-state index in [1.807, 2.05) is 0 Å². The first kappa shape index (κ1) is 23.6. The standard InChI is InChI=1S/C24H24F4N4O2/c1-2-21(29)31-30-12-19-10-17-9-16(11-20(22(17)34-19)24(26,27)28)14-3-5-15(6-4-14)23(33)32-8-7-18(25)13-32/h2-6,9-11,18,30-31H,7-8,12-13,29H2,1H3/b21-2-/t18-/m0/s1. The van der Waals surface area contributed by atoms with Crippen molar-refractivity contribution in [2.24, 2.45) is 5.73 Å². The minimum Gasteiger partial charge on any atom is -0.459 e. The molecule has 0 bridgehead atoms. The van der Waals surface area contributed by atoms with Crippen molar-refractivity contribution in [1.29, 1.82) is 0 Å². The molecule has 4 rings (SSSR count). The Kier molecular flexibility index (Phi) is 6.52. The summed E-state index contributed by atoms with van der Waals surface area (Å²) in [5.74, 6) is 0.370. The van der Waals surface area contributed by atoms with E-state index in [1.165, 1.54) is 11.0 Å². The van der Waals surface area contributed by atoms with Crippen molar-refractivity contribution in [2.75, 3.05) is 13.1 Å². The summed E-state index contributed by atoms with van der Waals surface area (Å²) in [6, 6.07) is 10.4. The molecular formula is C24H24F4N4O2. The Morgan fingerprint density at radius 1 is 1.21 bits per heavy atom. The molecule has 2 aromatic carbocycles. The van der Waals surface area contributed by atoms with E-state index in [-0.39, 0.29) is 24.6 Å². The van der Waals surface area contributed by atoms with Crippen LogP contribution in [0.2, 0.25) is 0 Å². The average Bonchev–Trinajstić information content (AvgIpc) is 3.42. The second-order valence-electron chi connectivity index (χ2n) is 8.09. The monoisotopic (exact) mass is 476 g/mol. The first-order valence-corrected chi connectivity index (χ1v) is 10.7. The number of carbonyl (C=O) groups excluding carboxylic acids is 1. The summed E-state index contributed by atoms with van der Waals surface area (Å²) in [7, 11) is 0. The number of amides is 1. The topological polar surface area (TPSA) is 83.5 Å². The van der Waals surface area contributed by atoms with Gasteiger partial charge >= 0.3 is 6.18 Å². The van der Waals surface area contributed by atoms with Crippen molar-refractivity contribution in [2.45, 2.75) is 32.2 Å². The molecule has 0 spiro atoms. The van der Waals surface area contributed by atoms with Crippen LogP contribution in [0.1, 0.15) is 35.0 Å². The molecule has 0 unspecified atom stereocenters. The quantitative estimate of drug-likeness (QED) is 0.354. The van der Waals surface area contributed by atoms with Gasteiger partial charge in [-0.15, -0.1) is 0 Å². The number of rotatable bonds is 6. The normalized spacial score (nSPS) is 16.9. The van der Waals surface area contributed by atoms with Gasteiger partial charge in [-0.25, -0.2) is 9.82 Å². The van der Waals surface area contributed by atoms with Crippen LogP contribution in [0.5, 0.6) is 0 Å². The molecule has 4 N–H and O–H groups in total. The molecule has 1 fully saturated rings. The Morgan fingerprint density at radius 3 is 2.56 bits per heavy atom. The Bertz CT molecular complexity index is 1220. The first-order chi connectivity index (χ1) is 16.2. The van der Waals surface area contributed by atoms with E-state index in [0.717, 1.165) is 6.07 Å². The van der Waals surface area contributed by atoms with Gasteiger partial charge in [0.1, 0.15) is 23.3 Å². The van der Waals surface area contributed by atoms with Crippen LogP contribution >= 0.6 is 0 Å². The van der Waals surface area contributed by atoms with Gasteiger partial charge in [0.25, 0.3) is 5.91 Å². The zero-order valence-corrected chi connectivity index (χ0v) is 18.4. The zero-order chi connectivity index (χ0) is 24.5. The van der Waals surface area contributed by atoms with Gasteiger partial charge in [-0.05, 0) is 60.9 Å². The molecule has 3 aromatic rings. The van der Waals surface area contributed by atoms with Crippen LogP contribution in [0, 0.1) is 0 Å². The summed E-state index contributed by atoms with van der Waals surface area (Å²) >= 11 is 0. The predicted molar refractivity (Wildman–Crippen MR) is 120 cm³/mol. The van der Waals surface area contributed by atoms with Gasteiger partial charge in [0.15, 0.2) is 0 Å². The molecule has 1 aliphatic rings. The molecule has 0 saturated carbocycles. The van der Waals surface area contributed by atoms with E-state index in [2.05, 4.69) is 10.9 Å². The fraction of sp³-hybridized carbons (Fsp3) is 0.292. The molecule has 1 aromatic heterocycles. The molecule has 34 heavy (non-hydrogen) atoms. The van der Waals surface area contributed by atoms with Gasteiger partial charge in [-0.3, -0.25) is 4.79 Å². The van der Waals surface area contributed by atoms with Gasteiger partial charge in [-0.1, -0.05) is 12.1 Å². The van der Waals surface area contributed by atoms with Gasteiger partial charge in [-0.2, -0.15) is 13.2 Å². The van der Waals surface area contributed by atoms with Gasteiger partial charge in [0.2, 0.25) is 0 Å². The fourth-order valence-electron chi connectivity index (χ4n) is 3.87. The van der Waals surface area contributed by atoms with Crippen LogP contribution < -0.4 is 16.6 Å². The van der Waals surface area contributed by atoms with Gasteiger partial charge in [0, 0.05) is 17.5 Å². The number of hydrogen-bond acceptors (Lipinski definition) is 5. The van der Waals surface area contributed by atoms with Crippen LogP contribution in [-0.2, 0) is 12.7 Å². The Morgan fingerprint density at radius 2 is 1.94 bits per heavy atom. The highest BCUT2D eigenvalue weighted by atomic mass is 19.4. The lowest BCUT2D eigenvalue weighted by Crippen LogP contribution is -2.33. The van der Waals surface area contributed by atoms with E-state index >= 15 is 0 Å². The predicted octanol–water partition coefficient (Wildman–Crippen LogP) is 4.72. The number of alkyl halides is 4. The van der Waals surface area contributed by atoms with Gasteiger partial charge < -0.3 is 20.5 Å². The second-order valence-corrected chi connectivity index (χ2v) is 8.09. The molecule has 1 atom stereocenters. The third-order valence-electron chi connectivity index (χ3n) is 5.66. The summed E-state index contributed by atoms with van der Waals surface area (Å²) in [6.45, 7) is 2.25. The maximum Gasteiger partial charge on any atom is 0.420 e. The van der Waals surface area contributed by atoms with E-state index in [9.17, 15) is 22.4 Å². The fourth-order valence-corrected chi connectivity index (χ4v) is 3.87. The van der Waals surface area contributed by atoms with E-state index < -0.39 is 17.9 Å². The number of nitrogens with zero attached hydrogens (tertiary/aromatic N) is 1. The molecule has 1 amide bonds. The van der Waals surface area contributed by atoms with E-state index in [0.29, 0.717) is 46.6 Å². The van der Waals surface area contributed by atoms with E-state index in [4.69, 9.17) is 10.2 Å². The number of likely N-dealkylation sites (tertiary alicyclic amines) is 1. The van der Waals surface area contributed by atoms with Crippen LogP contribution in [0.4, 0.5) is 17.6 Å². The lowest BCUT2D eigenvalue weighted by atomic mass is 9.99. The molecular weight excluding hydrogens is 452 g/mol. The Balaban J connectivity index is 1.62. The molecule has 1 aliphatic heterocycles. The first-order valence-electron chi connectivity index (χ1n) is 10.7. The smallest absolute Gasteiger partial charge is 0.420 e. The van der Waals surface area contributed by atoms with Crippen molar-refractivity contribution in [1.82, 2.24) is 15.8 Å². The summed E-state index contributed by atoms with van der Waals surface area (Å²) in [6.07, 6.45) is -3.71. The minimum absolute atomic E-state index is 0.0563. The number of furan rings is 1. The lowest BCUT2D eigenvalue weighted by molar-refractivity contribution is -0.136. The highest BCUT2D eigenvalue weighted by Gasteiger charge is 2.35. The lowest BCUT2D eigenvalue weighted by Gasteiger charge is -2.15. The van der Waals surface area contributed by atoms with Crippen LogP contribution in [0.15, 0.2) is 58.8 Å². The number of nitrogens with two attached hydrogens (primary N) is 1. The average molecular weight is 476 g/mol. The second kappa shape index (κ2) is 9.38. The van der Waals surface area contributed by atoms with Crippen molar-refractivity contribution in [3.8, 4) is 11.1 Å². The van der Waals surface area contributed by atoms with Crippen molar-refractivity contribution in [3.63, 3.8) is 0 Å². The summed E-state index contributed by atoms with van der Waals surface area (Å²) < 4.78 is 60.3. The minimum atomic E-state index is -4.63. The molecule has 0 aliphatic carbocycles. The third kappa shape index (κ3) is 5.01. The van der Waals surface area contributed by atoms with Crippen molar-refractivity contribution < 1.29 is 26.8 Å². The Labute approximate surface area is 193 Å². The molecule has 180 valence electrons. The SMILES string of the molecule is C/C=C(/N)NNCc1cc2cc(-c3ccc(C(=O)N4CC[C@H](F)C4)cc3)cc(C(F)(F)F)c2o1. The zero-order valence-electron chi connectivity index (χ0n) is 18.4. The number of halogens is 4. The number of carbonyl (C=O) groups is 1. The largest absolute Gasteiger partial charge is 0.459 e. The molecule has 1 saturated heterocycles. The number of hydrazine groups is 1. The van der Waals surface area contributed by atoms with E-state index in [1.54, 1.807) is 43.3 Å². The maximum atomic E-state index is 13.8. The van der Waals surface area contributed by atoms with Crippen molar-refractivity contribution in [3.05, 3.63) is 71.2 Å². The number of allylic oxidation sites excluding steroid dienone is 1. The maximum absolute atomic E-state index is 13.8. The number of benzene rings is 2. The van der Waals surface area contributed by atoms with Crippen LogP contribution in [0.3, 0.4) is 0 Å². The number of fused-ring (bicyclic) bond motifs is 1. The third-order valence-corrected chi connectivity index (χ3v) is 5.66. The summed E-state index contributed by atoms with van der Waals surface area (Å²) in [4.78, 5) is 14.0. The number of hydrogen-bond donors (Lipinski definition) is 3. The van der Waals surface area contributed by atoms with Crippen LogP contribution in [-0.4, -0.2) is 30.1 Å². The highest BCUT2D eigenvalue weighted by molar-refractivity contribution is 5.95. The summed E-state index contributed by atoms with van der Waals surface area (Å²) in [5.41, 5.74) is 11.2. The van der Waals surface area contributed by atoms with Gasteiger partial charge in [0.05, 0.1) is 18.7 Å². The Hall–Kier alpha value is -3.53. The molecule has 0 radical (unpaired) electrons. The molecule has 6 nitrogen and oxygen atoms in total. The van der Waals surface area contributed by atoms with Crippen LogP contribution in [0.25, 0.3) is 22.1 Å².